The predicted octanol–water partition coefficient (Wildman–Crippen LogP) is 4.63. The van der Waals surface area contributed by atoms with Gasteiger partial charge in [0.1, 0.15) is 17.7 Å². The number of nitrogens with one attached hydrogen (secondary N) is 1. The minimum atomic E-state index is -0.536. The molecule has 0 radical (unpaired) electrons. The van der Waals surface area contributed by atoms with Gasteiger partial charge in [0.2, 0.25) is 11.7 Å². The lowest BCUT2D eigenvalue weighted by Crippen LogP contribution is -2.32. The first-order valence-corrected chi connectivity index (χ1v) is 11.0. The van der Waals surface area contributed by atoms with Crippen molar-refractivity contribution in [2.24, 2.45) is 11.8 Å². The molecule has 0 saturated heterocycles. The number of carbonyl (C=O) groups excluding carboxylic acids is 1. The van der Waals surface area contributed by atoms with Crippen LogP contribution in [0.3, 0.4) is 0 Å². The summed E-state index contributed by atoms with van der Waals surface area (Å²) in [6.07, 6.45) is 4.94. The summed E-state index contributed by atoms with van der Waals surface area (Å²) >= 11 is 0. The van der Waals surface area contributed by atoms with Crippen molar-refractivity contribution in [2.75, 3.05) is 0 Å². The molecule has 0 aliphatic rings. The molecular weight excluding hydrogens is 416 g/mol. The highest BCUT2D eigenvalue weighted by Crippen LogP contribution is 2.24. The molecule has 1 N–H and O–H groups in total. The minimum Gasteiger partial charge on any atom is -0.348 e. The number of aromatic nitrogens is 4. The lowest BCUT2D eigenvalue weighted by molar-refractivity contribution is -0.118. The molecule has 1 unspecified atom stereocenters. The molecule has 172 valence electrons. The molecule has 0 fully saturated rings. The average Bonchev–Trinajstić information content (AvgIpc) is 3.36. The van der Waals surface area contributed by atoms with Crippen LogP contribution in [-0.4, -0.2) is 25.6 Å². The van der Waals surface area contributed by atoms with E-state index in [4.69, 9.17) is 4.52 Å². The minimum absolute atomic E-state index is 0.0271. The van der Waals surface area contributed by atoms with Crippen LogP contribution in [0.2, 0.25) is 0 Å². The maximum atomic E-state index is 13.0. The number of nitriles is 1. The Balaban J connectivity index is 1.84. The zero-order valence-electron chi connectivity index (χ0n) is 20.0. The number of carbonyl (C=O) groups is 1. The van der Waals surface area contributed by atoms with Gasteiger partial charge in [-0.15, -0.1) is 0 Å². The smallest absolute Gasteiger partial charge is 0.262 e. The van der Waals surface area contributed by atoms with Crippen molar-refractivity contribution in [2.45, 2.75) is 54.1 Å². The molecule has 1 amide bonds. The first-order chi connectivity index (χ1) is 15.7. The highest BCUT2D eigenvalue weighted by Gasteiger charge is 2.26. The summed E-state index contributed by atoms with van der Waals surface area (Å²) in [5, 5.41) is 16.6. The van der Waals surface area contributed by atoms with E-state index in [1.54, 1.807) is 30.6 Å². The Morgan fingerprint density at radius 2 is 1.94 bits per heavy atom. The van der Waals surface area contributed by atoms with E-state index >= 15 is 0 Å². The number of nitrogens with zero attached hydrogens (tertiary/aromatic N) is 5. The molecule has 8 heteroatoms. The van der Waals surface area contributed by atoms with Crippen molar-refractivity contribution in [1.82, 2.24) is 25.0 Å². The van der Waals surface area contributed by atoms with Crippen LogP contribution in [0.1, 0.15) is 56.6 Å². The number of pyridine rings is 1. The Labute approximate surface area is 194 Å². The molecule has 0 spiro atoms. The summed E-state index contributed by atoms with van der Waals surface area (Å²) in [5.41, 5.74) is 3.78. The van der Waals surface area contributed by atoms with Crippen LogP contribution in [0.5, 0.6) is 0 Å². The van der Waals surface area contributed by atoms with Crippen LogP contribution in [0.4, 0.5) is 0 Å². The van der Waals surface area contributed by atoms with Gasteiger partial charge < -0.3 is 14.4 Å². The van der Waals surface area contributed by atoms with E-state index in [1.165, 1.54) is 0 Å². The number of hydrogen-bond acceptors (Lipinski definition) is 6. The average molecular weight is 447 g/mol. The van der Waals surface area contributed by atoms with Crippen molar-refractivity contribution >= 4 is 12.0 Å². The molecule has 8 nitrogen and oxygen atoms in total. The number of hydrogen-bond donors (Lipinski definition) is 1. The Hall–Kier alpha value is -3.73. The molecule has 3 aromatic heterocycles. The molecule has 0 bridgehead atoms. The van der Waals surface area contributed by atoms with E-state index in [1.807, 2.05) is 39.8 Å². The van der Waals surface area contributed by atoms with E-state index < -0.39 is 11.9 Å². The van der Waals surface area contributed by atoms with Gasteiger partial charge >= 0.3 is 0 Å². The lowest BCUT2D eigenvalue weighted by Gasteiger charge is -2.18. The van der Waals surface area contributed by atoms with E-state index in [9.17, 15) is 10.1 Å². The molecule has 3 aromatic rings. The van der Waals surface area contributed by atoms with E-state index in [0.717, 1.165) is 29.1 Å². The highest BCUT2D eigenvalue weighted by atomic mass is 16.5. The third-order valence-electron chi connectivity index (χ3n) is 5.43. The Morgan fingerprint density at radius 1 is 1.24 bits per heavy atom. The molecule has 0 aliphatic carbocycles. The first-order valence-electron chi connectivity index (χ1n) is 11.0. The second kappa shape index (κ2) is 10.3. The Morgan fingerprint density at radius 3 is 2.55 bits per heavy atom. The van der Waals surface area contributed by atoms with Crippen molar-refractivity contribution < 1.29 is 9.32 Å². The van der Waals surface area contributed by atoms with Gasteiger partial charge in [0, 0.05) is 35.9 Å². The standard InChI is InChI=1S/C25H30N6O2/c1-15(2)14-31-17(5)11-20(18(31)6)12-21(13-26)24(32)28-22(16(3)4)25-29-23(30-33-25)19-7-9-27-10-8-19/h7-12,15-16,22H,14H2,1-6H3,(H,28,32)/b21-12+. The first kappa shape index (κ1) is 23.9. The van der Waals surface area contributed by atoms with Gasteiger partial charge in [-0.2, -0.15) is 10.2 Å². The van der Waals surface area contributed by atoms with Crippen LogP contribution >= 0.6 is 0 Å². The molecule has 1 atom stereocenters. The van der Waals surface area contributed by atoms with Gasteiger partial charge in [-0.1, -0.05) is 32.9 Å². The van der Waals surface area contributed by atoms with Gasteiger partial charge in [0.05, 0.1) is 0 Å². The van der Waals surface area contributed by atoms with Gasteiger partial charge in [0.25, 0.3) is 5.91 Å². The van der Waals surface area contributed by atoms with Crippen molar-refractivity contribution in [3.05, 3.63) is 59.0 Å². The third-order valence-corrected chi connectivity index (χ3v) is 5.43. The van der Waals surface area contributed by atoms with Crippen LogP contribution in [0.15, 0.2) is 40.7 Å². The van der Waals surface area contributed by atoms with E-state index in [0.29, 0.717) is 11.7 Å². The van der Waals surface area contributed by atoms with Gasteiger partial charge in [0.15, 0.2) is 0 Å². The monoisotopic (exact) mass is 446 g/mol. The zero-order valence-corrected chi connectivity index (χ0v) is 20.0. The van der Waals surface area contributed by atoms with Gasteiger partial charge in [-0.25, -0.2) is 0 Å². The molecule has 3 rings (SSSR count). The van der Waals surface area contributed by atoms with Crippen LogP contribution < -0.4 is 5.32 Å². The maximum Gasteiger partial charge on any atom is 0.262 e. The summed E-state index contributed by atoms with van der Waals surface area (Å²) in [7, 11) is 0. The fourth-order valence-electron chi connectivity index (χ4n) is 3.64. The fraction of sp³-hybridized carbons (Fsp3) is 0.400. The number of amides is 1. The topological polar surface area (TPSA) is 110 Å². The van der Waals surface area contributed by atoms with Gasteiger partial charge in [-0.05, 0) is 55.5 Å². The molecule has 0 aromatic carbocycles. The second-order valence-electron chi connectivity index (χ2n) is 8.89. The summed E-state index contributed by atoms with van der Waals surface area (Å²) in [4.78, 5) is 21.5. The summed E-state index contributed by atoms with van der Waals surface area (Å²) in [5.74, 6) is 0.686. The number of aryl methyl sites for hydroxylation is 1. The summed E-state index contributed by atoms with van der Waals surface area (Å²) < 4.78 is 7.66. The molecule has 33 heavy (non-hydrogen) atoms. The van der Waals surface area contributed by atoms with Crippen molar-refractivity contribution in [3.8, 4) is 17.5 Å². The van der Waals surface area contributed by atoms with Crippen molar-refractivity contribution in [1.29, 1.82) is 5.26 Å². The molecule has 0 aliphatic heterocycles. The maximum absolute atomic E-state index is 13.0. The largest absolute Gasteiger partial charge is 0.348 e. The summed E-state index contributed by atoms with van der Waals surface area (Å²) in [6.45, 7) is 13.1. The molecule has 3 heterocycles. The Bertz CT molecular complexity index is 1180. The highest BCUT2D eigenvalue weighted by molar-refractivity contribution is 6.02. The van der Waals surface area contributed by atoms with E-state index in [-0.39, 0.29) is 17.4 Å². The molecule has 0 saturated carbocycles. The fourth-order valence-corrected chi connectivity index (χ4v) is 3.64. The third kappa shape index (κ3) is 5.55. The van der Waals surface area contributed by atoms with Crippen LogP contribution in [-0.2, 0) is 11.3 Å². The molecular formula is C25H30N6O2. The lowest BCUT2D eigenvalue weighted by atomic mass is 10.0. The SMILES string of the molecule is Cc1cc(/C=C(\C#N)C(=O)NC(c2nc(-c3ccncc3)no2)C(C)C)c(C)n1CC(C)C. The van der Waals surface area contributed by atoms with Crippen molar-refractivity contribution in [3.63, 3.8) is 0 Å². The normalized spacial score (nSPS) is 12.8. The number of rotatable bonds is 8. The second-order valence-corrected chi connectivity index (χ2v) is 8.89. The van der Waals surface area contributed by atoms with Crippen LogP contribution in [0, 0.1) is 37.0 Å². The zero-order chi connectivity index (χ0) is 24.1. The quantitative estimate of drug-likeness (QED) is 0.399. The summed E-state index contributed by atoms with van der Waals surface area (Å²) in [6, 6.07) is 7.07. The predicted molar refractivity (Wildman–Crippen MR) is 126 cm³/mol. The van der Waals surface area contributed by atoms with Crippen LogP contribution in [0.25, 0.3) is 17.5 Å². The Kier molecular flexibility index (Phi) is 7.44. The van der Waals surface area contributed by atoms with Gasteiger partial charge in [-0.3, -0.25) is 9.78 Å². The van der Waals surface area contributed by atoms with E-state index in [2.05, 4.69) is 38.9 Å².